The minimum absolute atomic E-state index is 0.223. The zero-order valence-electron chi connectivity index (χ0n) is 12.7. The van der Waals surface area contributed by atoms with Crippen LogP contribution in [0.4, 0.5) is 0 Å². The van der Waals surface area contributed by atoms with Crippen LogP contribution in [0.2, 0.25) is 0 Å². The number of hydrogen-bond donors (Lipinski definition) is 1. The maximum absolute atomic E-state index is 6.17. The first-order chi connectivity index (χ1) is 9.59. The maximum Gasteiger partial charge on any atom is 0.0332 e. The highest BCUT2D eigenvalue weighted by Gasteiger charge is 2.37. The summed E-state index contributed by atoms with van der Waals surface area (Å²) >= 11 is 5.37. The second-order valence-electron chi connectivity index (χ2n) is 6.25. The van der Waals surface area contributed by atoms with E-state index in [2.05, 4.69) is 46.2 Å². The molecule has 0 radical (unpaired) electrons. The highest BCUT2D eigenvalue weighted by molar-refractivity contribution is 9.10. The standard InChI is InChI=1S/C16H27BrN2S/c1-3-4-13-5-7-16(12-18,8-6-13)19(2)10-15-9-14(17)11-20-15/h9,11,13H,3-8,10,12,18H2,1-2H3. The van der Waals surface area contributed by atoms with E-state index in [1.54, 1.807) is 0 Å². The Bertz CT molecular complexity index is 410. The maximum atomic E-state index is 6.17. The predicted octanol–water partition coefficient (Wildman–Crippen LogP) is 4.63. The van der Waals surface area contributed by atoms with Crippen molar-refractivity contribution in [2.24, 2.45) is 11.7 Å². The van der Waals surface area contributed by atoms with E-state index in [1.165, 1.54) is 47.9 Å². The second kappa shape index (κ2) is 7.39. The van der Waals surface area contributed by atoms with E-state index in [9.17, 15) is 0 Å². The van der Waals surface area contributed by atoms with Crippen molar-refractivity contribution in [2.45, 2.75) is 57.5 Å². The fourth-order valence-corrected chi connectivity index (χ4v) is 5.00. The molecule has 2 nitrogen and oxygen atoms in total. The lowest BCUT2D eigenvalue weighted by molar-refractivity contribution is 0.0577. The molecule has 1 aromatic rings. The summed E-state index contributed by atoms with van der Waals surface area (Å²) in [6.45, 7) is 4.10. The Morgan fingerprint density at radius 2 is 2.15 bits per heavy atom. The van der Waals surface area contributed by atoms with Gasteiger partial charge in [0.1, 0.15) is 0 Å². The Morgan fingerprint density at radius 3 is 2.65 bits per heavy atom. The fourth-order valence-electron chi connectivity index (χ4n) is 3.49. The average molecular weight is 359 g/mol. The zero-order chi connectivity index (χ0) is 14.6. The molecule has 0 unspecified atom stereocenters. The monoisotopic (exact) mass is 358 g/mol. The number of thiophene rings is 1. The highest BCUT2D eigenvalue weighted by atomic mass is 79.9. The van der Waals surface area contributed by atoms with Crippen LogP contribution < -0.4 is 5.73 Å². The Balaban J connectivity index is 1.96. The number of rotatable bonds is 6. The number of nitrogens with zero attached hydrogens (tertiary/aromatic N) is 1. The topological polar surface area (TPSA) is 29.3 Å². The molecule has 0 atom stereocenters. The van der Waals surface area contributed by atoms with Gasteiger partial charge >= 0.3 is 0 Å². The average Bonchev–Trinajstić information content (AvgIpc) is 2.85. The van der Waals surface area contributed by atoms with Crippen LogP contribution in [0.5, 0.6) is 0 Å². The van der Waals surface area contributed by atoms with Gasteiger partial charge in [-0.25, -0.2) is 0 Å². The van der Waals surface area contributed by atoms with Gasteiger partial charge in [-0.3, -0.25) is 4.90 Å². The van der Waals surface area contributed by atoms with Gasteiger partial charge in [-0.15, -0.1) is 11.3 Å². The van der Waals surface area contributed by atoms with Crippen molar-refractivity contribution in [1.82, 2.24) is 4.90 Å². The number of likely N-dealkylation sites (N-methyl/N-ethyl adjacent to an activating group) is 1. The van der Waals surface area contributed by atoms with Crippen LogP contribution in [0, 0.1) is 5.92 Å². The Morgan fingerprint density at radius 1 is 1.45 bits per heavy atom. The van der Waals surface area contributed by atoms with Crippen LogP contribution in [0.15, 0.2) is 15.9 Å². The third kappa shape index (κ3) is 3.85. The molecule has 1 aromatic heterocycles. The van der Waals surface area contributed by atoms with E-state index >= 15 is 0 Å². The summed E-state index contributed by atoms with van der Waals surface area (Å²) in [4.78, 5) is 3.93. The minimum Gasteiger partial charge on any atom is -0.329 e. The Hall–Kier alpha value is 0.1000. The molecule has 20 heavy (non-hydrogen) atoms. The minimum atomic E-state index is 0.223. The Kier molecular flexibility index (Phi) is 6.09. The molecule has 1 heterocycles. The quantitative estimate of drug-likeness (QED) is 0.802. The van der Waals surface area contributed by atoms with Crippen molar-refractivity contribution in [3.63, 3.8) is 0 Å². The first kappa shape index (κ1) is 16.5. The van der Waals surface area contributed by atoms with Crippen LogP contribution in [0.25, 0.3) is 0 Å². The lowest BCUT2D eigenvalue weighted by Crippen LogP contribution is -2.53. The predicted molar refractivity (Wildman–Crippen MR) is 92.1 cm³/mol. The van der Waals surface area contributed by atoms with Crippen molar-refractivity contribution in [2.75, 3.05) is 13.6 Å². The zero-order valence-corrected chi connectivity index (χ0v) is 15.1. The van der Waals surface area contributed by atoms with Gasteiger partial charge in [0.15, 0.2) is 0 Å². The van der Waals surface area contributed by atoms with E-state index in [1.807, 2.05) is 11.3 Å². The van der Waals surface area contributed by atoms with Gasteiger partial charge in [0, 0.05) is 33.4 Å². The molecule has 0 amide bonds. The molecule has 0 saturated heterocycles. The molecule has 1 aliphatic carbocycles. The normalized spacial score (nSPS) is 27.1. The third-order valence-corrected chi connectivity index (χ3v) is 6.62. The fraction of sp³-hybridized carbons (Fsp3) is 0.750. The van der Waals surface area contributed by atoms with Crippen LogP contribution in [0.1, 0.15) is 50.3 Å². The van der Waals surface area contributed by atoms with Gasteiger partial charge in [-0.2, -0.15) is 0 Å². The first-order valence-electron chi connectivity index (χ1n) is 7.74. The molecule has 2 rings (SSSR count). The molecule has 0 spiro atoms. The van der Waals surface area contributed by atoms with E-state index in [4.69, 9.17) is 5.73 Å². The number of nitrogens with two attached hydrogens (primary N) is 1. The molecule has 4 heteroatoms. The van der Waals surface area contributed by atoms with Crippen LogP contribution in [-0.2, 0) is 6.54 Å². The SMILES string of the molecule is CCCC1CCC(CN)(N(C)Cc2cc(Br)cs2)CC1. The van der Waals surface area contributed by atoms with E-state index in [-0.39, 0.29) is 5.54 Å². The lowest BCUT2D eigenvalue weighted by atomic mass is 9.74. The molecular formula is C16H27BrN2S. The van der Waals surface area contributed by atoms with Gasteiger partial charge in [-0.05, 0) is 60.6 Å². The van der Waals surface area contributed by atoms with E-state index in [0.29, 0.717) is 0 Å². The molecule has 0 bridgehead atoms. The largest absolute Gasteiger partial charge is 0.329 e. The molecule has 1 fully saturated rings. The smallest absolute Gasteiger partial charge is 0.0332 e. The van der Waals surface area contributed by atoms with Crippen molar-refractivity contribution in [1.29, 1.82) is 0 Å². The molecular weight excluding hydrogens is 332 g/mol. The highest BCUT2D eigenvalue weighted by Crippen LogP contribution is 2.38. The molecule has 1 aliphatic rings. The molecule has 0 aromatic carbocycles. The lowest BCUT2D eigenvalue weighted by Gasteiger charge is -2.46. The van der Waals surface area contributed by atoms with Gasteiger partial charge < -0.3 is 5.73 Å². The molecule has 114 valence electrons. The summed E-state index contributed by atoms with van der Waals surface area (Å²) in [5, 5.41) is 2.16. The van der Waals surface area contributed by atoms with Crippen LogP contribution in [0.3, 0.4) is 0 Å². The summed E-state index contributed by atoms with van der Waals surface area (Å²) < 4.78 is 1.19. The van der Waals surface area contributed by atoms with Crippen molar-refractivity contribution < 1.29 is 0 Å². The van der Waals surface area contributed by atoms with Gasteiger partial charge in [0.25, 0.3) is 0 Å². The Labute approximate surface area is 135 Å². The van der Waals surface area contributed by atoms with E-state index in [0.717, 1.165) is 19.0 Å². The number of hydrogen-bond acceptors (Lipinski definition) is 3. The summed E-state index contributed by atoms with van der Waals surface area (Å²) in [6.07, 6.45) is 7.93. The summed E-state index contributed by atoms with van der Waals surface area (Å²) in [6, 6.07) is 2.23. The summed E-state index contributed by atoms with van der Waals surface area (Å²) in [5.41, 5.74) is 6.39. The molecule has 0 aliphatic heterocycles. The molecule has 1 saturated carbocycles. The summed E-state index contributed by atoms with van der Waals surface area (Å²) in [5.74, 6) is 0.934. The van der Waals surface area contributed by atoms with Crippen LogP contribution in [-0.4, -0.2) is 24.0 Å². The van der Waals surface area contributed by atoms with Crippen molar-refractivity contribution >= 4 is 27.3 Å². The second-order valence-corrected chi connectivity index (χ2v) is 8.16. The van der Waals surface area contributed by atoms with Gasteiger partial charge in [0.05, 0.1) is 0 Å². The summed E-state index contributed by atoms with van der Waals surface area (Å²) in [7, 11) is 2.25. The van der Waals surface area contributed by atoms with Crippen molar-refractivity contribution in [3.05, 3.63) is 20.8 Å². The molecule has 2 N–H and O–H groups in total. The van der Waals surface area contributed by atoms with E-state index < -0.39 is 0 Å². The van der Waals surface area contributed by atoms with Gasteiger partial charge in [0.2, 0.25) is 0 Å². The first-order valence-corrected chi connectivity index (χ1v) is 9.41. The number of halogens is 1. The van der Waals surface area contributed by atoms with Crippen molar-refractivity contribution in [3.8, 4) is 0 Å². The van der Waals surface area contributed by atoms with Gasteiger partial charge in [-0.1, -0.05) is 19.8 Å². The third-order valence-electron chi connectivity index (χ3n) is 4.94. The van der Waals surface area contributed by atoms with Crippen LogP contribution >= 0.6 is 27.3 Å².